The third kappa shape index (κ3) is 6.58. The van der Waals surface area contributed by atoms with Crippen LogP contribution in [0, 0.1) is 11.8 Å². The van der Waals surface area contributed by atoms with E-state index in [-0.39, 0.29) is 34.1 Å². The molecule has 0 aromatic heterocycles. The molecule has 0 bridgehead atoms. The summed E-state index contributed by atoms with van der Waals surface area (Å²) in [6.07, 6.45) is -0.967. The molecule has 9 heteroatoms. The number of halogens is 1. The maximum atomic E-state index is 13.3. The number of aliphatic hydroxyl groups is 1. The van der Waals surface area contributed by atoms with Gasteiger partial charge in [-0.3, -0.25) is 9.59 Å². The highest BCUT2D eigenvalue weighted by Crippen LogP contribution is 2.33. The summed E-state index contributed by atoms with van der Waals surface area (Å²) in [7, 11) is -4.00. The van der Waals surface area contributed by atoms with E-state index in [2.05, 4.69) is 10.0 Å². The molecule has 3 rings (SSSR count). The summed E-state index contributed by atoms with van der Waals surface area (Å²) in [5.41, 5.74) is 1.22. The molecule has 188 valence electrons. The summed E-state index contributed by atoms with van der Waals surface area (Å²) in [6.45, 7) is 7.40. The Morgan fingerprint density at radius 2 is 1.60 bits per heavy atom. The number of amides is 1. The first-order valence-corrected chi connectivity index (χ1v) is 13.4. The summed E-state index contributed by atoms with van der Waals surface area (Å²) in [6, 6.07) is 12.8. The fourth-order valence-corrected chi connectivity index (χ4v) is 5.30. The topological polar surface area (TPSA) is 113 Å². The highest BCUT2D eigenvalue weighted by atomic mass is 35.5. The minimum atomic E-state index is -4.00. The van der Waals surface area contributed by atoms with Gasteiger partial charge >= 0.3 is 0 Å². The second kappa shape index (κ2) is 11.0. The van der Waals surface area contributed by atoms with Crippen molar-refractivity contribution < 1.29 is 18.3 Å². The molecule has 3 atom stereocenters. The molecule has 0 aliphatic heterocycles. The largest absolute Gasteiger partial charge is 0.386 e. The lowest BCUT2D eigenvalue weighted by molar-refractivity contribution is -0.125. The van der Waals surface area contributed by atoms with E-state index in [1.54, 1.807) is 12.1 Å². The normalized spacial score (nSPS) is 14.9. The summed E-state index contributed by atoms with van der Waals surface area (Å²) < 4.78 is 28.3. The van der Waals surface area contributed by atoms with Crippen LogP contribution in [0.15, 0.2) is 64.3 Å². The zero-order valence-corrected chi connectivity index (χ0v) is 21.7. The number of hydrogen-bond acceptors (Lipinski definition) is 5. The monoisotopic (exact) mass is 518 g/mol. The molecule has 0 fully saturated rings. The van der Waals surface area contributed by atoms with Crippen molar-refractivity contribution in [3.05, 3.63) is 75.4 Å². The third-order valence-electron chi connectivity index (χ3n) is 5.85. The second-order valence-electron chi connectivity index (χ2n) is 9.46. The van der Waals surface area contributed by atoms with Crippen molar-refractivity contribution in [2.75, 3.05) is 0 Å². The molecular weight excluding hydrogens is 488 g/mol. The molecule has 7 nitrogen and oxygen atoms in total. The van der Waals surface area contributed by atoms with Gasteiger partial charge in [0.15, 0.2) is 5.43 Å². The molecule has 0 saturated heterocycles. The van der Waals surface area contributed by atoms with Gasteiger partial charge in [0, 0.05) is 16.1 Å². The number of rotatable bonds is 11. The predicted molar refractivity (Wildman–Crippen MR) is 137 cm³/mol. The van der Waals surface area contributed by atoms with E-state index in [1.807, 2.05) is 45.9 Å². The molecule has 0 saturated carbocycles. The number of carbonyl (C=O) groups is 1. The van der Waals surface area contributed by atoms with Crippen molar-refractivity contribution in [1.29, 1.82) is 0 Å². The highest BCUT2D eigenvalue weighted by molar-refractivity contribution is 7.89. The van der Waals surface area contributed by atoms with Gasteiger partial charge in [0.1, 0.15) is 12.1 Å². The van der Waals surface area contributed by atoms with Crippen LogP contribution in [-0.4, -0.2) is 31.5 Å². The first-order valence-electron chi connectivity index (χ1n) is 11.5. The van der Waals surface area contributed by atoms with Gasteiger partial charge in [-0.25, -0.2) is 8.42 Å². The predicted octanol–water partition coefficient (Wildman–Crippen LogP) is 3.81. The quantitative estimate of drug-likeness (QED) is 0.357. The van der Waals surface area contributed by atoms with E-state index in [9.17, 15) is 23.1 Å². The molecule has 3 N–H and O–H groups in total. The summed E-state index contributed by atoms with van der Waals surface area (Å²) in [5, 5.41) is 14.2. The Morgan fingerprint density at radius 3 is 2.14 bits per heavy atom. The minimum absolute atomic E-state index is 0.00913. The van der Waals surface area contributed by atoms with Gasteiger partial charge in [0.25, 0.3) is 0 Å². The summed E-state index contributed by atoms with van der Waals surface area (Å²) in [4.78, 5) is 25.7. The van der Waals surface area contributed by atoms with Crippen molar-refractivity contribution >= 4 is 27.5 Å². The molecule has 3 aromatic rings. The van der Waals surface area contributed by atoms with E-state index in [1.165, 1.54) is 24.3 Å². The number of aliphatic hydroxyl groups excluding tert-OH is 1. The third-order valence-corrected chi connectivity index (χ3v) is 7.59. The van der Waals surface area contributed by atoms with Crippen LogP contribution in [0.5, 0.6) is 0 Å². The van der Waals surface area contributed by atoms with E-state index < -0.39 is 34.1 Å². The minimum Gasteiger partial charge on any atom is -0.386 e. The molecular formula is C26H31ClN2O5S. The van der Waals surface area contributed by atoms with Crippen LogP contribution in [-0.2, 0) is 14.8 Å². The Morgan fingerprint density at radius 1 is 1.00 bits per heavy atom. The molecule has 0 aliphatic carbocycles. The van der Waals surface area contributed by atoms with Crippen LogP contribution in [0.2, 0.25) is 5.02 Å². The van der Waals surface area contributed by atoms with Crippen molar-refractivity contribution in [3.8, 4) is 11.1 Å². The Hall–Kier alpha value is -2.52. The van der Waals surface area contributed by atoms with Gasteiger partial charge in [0.05, 0.1) is 10.9 Å². The maximum absolute atomic E-state index is 13.3. The van der Waals surface area contributed by atoms with Crippen LogP contribution < -0.4 is 15.5 Å². The van der Waals surface area contributed by atoms with Crippen molar-refractivity contribution in [1.82, 2.24) is 10.0 Å². The van der Waals surface area contributed by atoms with Crippen molar-refractivity contribution in [3.63, 3.8) is 0 Å². The van der Waals surface area contributed by atoms with E-state index >= 15 is 0 Å². The lowest BCUT2D eigenvalue weighted by atomic mass is 9.95. The zero-order valence-electron chi connectivity index (χ0n) is 20.2. The van der Waals surface area contributed by atoms with Crippen LogP contribution in [0.25, 0.3) is 11.1 Å². The first-order chi connectivity index (χ1) is 16.4. The number of sulfonamides is 1. The smallest absolute Gasteiger partial charge is 0.241 e. The highest BCUT2D eigenvalue weighted by Gasteiger charge is 2.38. The van der Waals surface area contributed by atoms with Crippen LogP contribution >= 0.6 is 11.6 Å². The first kappa shape index (κ1) is 27.1. The molecule has 35 heavy (non-hydrogen) atoms. The standard InChI is InChI=1S/C26H31ClN2O5S/c1-15(2)14-20(29-35(33,34)19-12-10-18(27)11-13-19)26(32)28-23(16(3)4)25(31)22-21(24(22)30)17-8-6-5-7-9-17/h5-13,15-16,20,23,25,29,31H,14H2,1-4H3,(H,28,32)/t20-,23-,25-/m0/s1. The molecule has 0 spiro atoms. The van der Waals surface area contributed by atoms with E-state index in [0.717, 1.165) is 0 Å². The van der Waals surface area contributed by atoms with Crippen LogP contribution in [0.1, 0.15) is 45.8 Å². The lowest BCUT2D eigenvalue weighted by Crippen LogP contribution is -2.52. The Labute approximate surface area is 211 Å². The average molecular weight is 519 g/mol. The molecule has 0 unspecified atom stereocenters. The van der Waals surface area contributed by atoms with Gasteiger partial charge in [0.2, 0.25) is 15.9 Å². The zero-order chi connectivity index (χ0) is 25.9. The second-order valence-corrected chi connectivity index (χ2v) is 11.6. The number of carbonyl (C=O) groups excluding carboxylic acids is 1. The average Bonchev–Trinajstić information content (AvgIpc) is 3.47. The maximum Gasteiger partial charge on any atom is 0.241 e. The van der Waals surface area contributed by atoms with Crippen LogP contribution in [0.4, 0.5) is 0 Å². The molecule has 1 amide bonds. The molecule has 0 heterocycles. The summed E-state index contributed by atoms with van der Waals surface area (Å²) in [5.74, 6) is -0.776. The van der Waals surface area contributed by atoms with Gasteiger partial charge in [-0.15, -0.1) is 0 Å². The van der Waals surface area contributed by atoms with Gasteiger partial charge < -0.3 is 10.4 Å². The number of hydrogen-bond donors (Lipinski definition) is 3. The van der Waals surface area contributed by atoms with Gasteiger partial charge in [-0.05, 0) is 48.1 Å². The molecule has 3 aromatic carbocycles. The molecule has 0 radical (unpaired) electrons. The van der Waals surface area contributed by atoms with Crippen molar-refractivity contribution in [2.45, 2.75) is 57.2 Å². The Balaban J connectivity index is 1.80. The summed E-state index contributed by atoms with van der Waals surface area (Å²) >= 11 is 5.86. The fraction of sp³-hybridized carbons (Fsp3) is 0.385. The van der Waals surface area contributed by atoms with Crippen LogP contribution in [0.3, 0.4) is 0 Å². The lowest BCUT2D eigenvalue weighted by Gasteiger charge is -2.29. The number of benzene rings is 2. The van der Waals surface area contributed by atoms with Gasteiger partial charge in [-0.2, -0.15) is 4.72 Å². The van der Waals surface area contributed by atoms with E-state index in [0.29, 0.717) is 16.1 Å². The van der Waals surface area contributed by atoms with Crippen molar-refractivity contribution in [2.24, 2.45) is 11.8 Å². The number of nitrogens with one attached hydrogen (secondary N) is 2. The van der Waals surface area contributed by atoms with E-state index in [4.69, 9.17) is 11.6 Å². The Bertz CT molecular complexity index is 1260. The Kier molecular flexibility index (Phi) is 8.54. The SMILES string of the molecule is CC(C)C[C@H](NS(=O)(=O)c1ccc(Cl)cc1)C(=O)N[C@@H](C(C)C)[C@@H](O)c1c(-c2ccccc2)c1=O. The molecule has 0 aliphatic rings. The fourth-order valence-electron chi connectivity index (χ4n) is 3.96. The van der Waals surface area contributed by atoms with Gasteiger partial charge in [-0.1, -0.05) is 69.6 Å².